The van der Waals surface area contributed by atoms with Crippen LogP contribution in [-0.4, -0.2) is 32.1 Å². The lowest BCUT2D eigenvalue weighted by Crippen LogP contribution is -2.42. The van der Waals surface area contributed by atoms with E-state index in [1.54, 1.807) is 0 Å². The van der Waals surface area contributed by atoms with E-state index in [4.69, 9.17) is 14.2 Å². The van der Waals surface area contributed by atoms with Crippen molar-refractivity contribution in [2.45, 2.75) is 79.8 Å². The fourth-order valence-electron chi connectivity index (χ4n) is 3.84. The van der Waals surface area contributed by atoms with Gasteiger partial charge in [0.15, 0.2) is 11.9 Å². The second-order valence-corrected chi connectivity index (χ2v) is 8.64. The van der Waals surface area contributed by atoms with Crippen molar-refractivity contribution in [2.75, 3.05) is 14.2 Å². The summed E-state index contributed by atoms with van der Waals surface area (Å²) in [5.41, 5.74) is 4.03. The number of carbonyl (C=O) groups is 2. The average molecular weight is 433 g/mol. The monoisotopic (exact) mass is 432 g/mol. The minimum Gasteiger partial charge on any atom is -0.493 e. The van der Waals surface area contributed by atoms with E-state index in [-0.39, 0.29) is 23.4 Å². The number of methoxy groups -OCH3 is 2. The number of ketones is 1. The highest BCUT2D eigenvalue weighted by Gasteiger charge is 2.44. The van der Waals surface area contributed by atoms with Crippen molar-refractivity contribution < 1.29 is 23.8 Å². The van der Waals surface area contributed by atoms with E-state index >= 15 is 0 Å². The van der Waals surface area contributed by atoms with Gasteiger partial charge >= 0.3 is 5.97 Å². The Balaban J connectivity index is 2.84. The van der Waals surface area contributed by atoms with Gasteiger partial charge in [0, 0.05) is 18.8 Å². The Hall–Kier alpha value is -2.30. The molecule has 0 aromatic rings. The smallest absolute Gasteiger partial charge is 0.303 e. The zero-order valence-corrected chi connectivity index (χ0v) is 20.5. The molecule has 0 unspecified atom stereocenters. The third-order valence-corrected chi connectivity index (χ3v) is 5.73. The second-order valence-electron chi connectivity index (χ2n) is 8.64. The summed E-state index contributed by atoms with van der Waals surface area (Å²) in [7, 11) is 2.90. The lowest BCUT2D eigenvalue weighted by molar-refractivity contribution is -0.153. The molecule has 0 bridgehead atoms. The fraction of sp³-hybridized carbons (Fsp3) is 0.615. The highest BCUT2D eigenvalue weighted by molar-refractivity contribution is 5.97. The molecule has 3 atom stereocenters. The molecule has 0 heterocycles. The van der Waals surface area contributed by atoms with Gasteiger partial charge in [0.2, 0.25) is 11.5 Å². The molecule has 0 saturated carbocycles. The van der Waals surface area contributed by atoms with E-state index in [0.717, 1.165) is 25.7 Å². The van der Waals surface area contributed by atoms with Gasteiger partial charge in [0.1, 0.15) is 0 Å². The minimum absolute atomic E-state index is 0.117. The van der Waals surface area contributed by atoms with Gasteiger partial charge in [-0.1, -0.05) is 41.9 Å². The van der Waals surface area contributed by atoms with E-state index in [1.165, 1.54) is 37.9 Å². The van der Waals surface area contributed by atoms with Crippen molar-refractivity contribution in [3.05, 3.63) is 46.5 Å². The molecule has 5 heteroatoms. The summed E-state index contributed by atoms with van der Waals surface area (Å²) in [6.07, 6.45) is 10.9. The van der Waals surface area contributed by atoms with Gasteiger partial charge in [-0.2, -0.15) is 0 Å². The highest BCUT2D eigenvalue weighted by atomic mass is 16.6. The van der Waals surface area contributed by atoms with Gasteiger partial charge in [0.05, 0.1) is 14.2 Å². The molecule has 174 valence electrons. The molecule has 1 rings (SSSR count). The molecule has 0 fully saturated rings. The number of carbonyl (C=O) groups excluding carboxylic acids is 2. The van der Waals surface area contributed by atoms with Crippen molar-refractivity contribution in [1.82, 2.24) is 0 Å². The maximum Gasteiger partial charge on any atom is 0.303 e. The van der Waals surface area contributed by atoms with Crippen LogP contribution in [0.5, 0.6) is 0 Å². The van der Waals surface area contributed by atoms with Crippen LogP contribution in [-0.2, 0) is 23.8 Å². The lowest BCUT2D eigenvalue weighted by Gasteiger charge is -2.35. The largest absolute Gasteiger partial charge is 0.493 e. The van der Waals surface area contributed by atoms with Crippen molar-refractivity contribution in [2.24, 2.45) is 11.8 Å². The van der Waals surface area contributed by atoms with E-state index in [2.05, 4.69) is 45.9 Å². The highest BCUT2D eigenvalue weighted by Crippen LogP contribution is 2.37. The van der Waals surface area contributed by atoms with Crippen LogP contribution in [0.2, 0.25) is 0 Å². The topological polar surface area (TPSA) is 61.8 Å². The van der Waals surface area contributed by atoms with Crippen molar-refractivity contribution in [1.29, 1.82) is 0 Å². The summed E-state index contributed by atoms with van der Waals surface area (Å²) in [6, 6.07) is 0. The van der Waals surface area contributed by atoms with Gasteiger partial charge in [-0.15, -0.1) is 0 Å². The number of rotatable bonds is 11. The molecule has 31 heavy (non-hydrogen) atoms. The van der Waals surface area contributed by atoms with E-state index in [0.29, 0.717) is 12.2 Å². The number of hydrogen-bond acceptors (Lipinski definition) is 5. The summed E-state index contributed by atoms with van der Waals surface area (Å²) >= 11 is 0. The van der Waals surface area contributed by atoms with Crippen LogP contribution in [0.1, 0.15) is 73.6 Å². The van der Waals surface area contributed by atoms with Crippen LogP contribution in [0, 0.1) is 11.8 Å². The van der Waals surface area contributed by atoms with Crippen LogP contribution >= 0.6 is 0 Å². The van der Waals surface area contributed by atoms with Crippen LogP contribution in [0.15, 0.2) is 46.5 Å². The molecule has 0 radical (unpaired) electrons. The normalized spacial score (nSPS) is 22.3. The summed E-state index contributed by atoms with van der Waals surface area (Å²) in [5.74, 6) is -0.607. The first-order valence-electron chi connectivity index (χ1n) is 11.1. The number of Topliss-reactive ketones (excluding diaryl/α,β-unsaturated/α-hetero) is 1. The van der Waals surface area contributed by atoms with Gasteiger partial charge < -0.3 is 14.2 Å². The zero-order valence-electron chi connectivity index (χ0n) is 20.5. The average Bonchev–Trinajstić information content (AvgIpc) is 2.69. The summed E-state index contributed by atoms with van der Waals surface area (Å²) in [6.45, 7) is 11.8. The lowest BCUT2D eigenvalue weighted by atomic mass is 9.77. The van der Waals surface area contributed by atoms with Crippen molar-refractivity contribution >= 4 is 11.8 Å². The molecule has 0 aromatic carbocycles. The number of esters is 1. The molecule has 0 saturated heterocycles. The van der Waals surface area contributed by atoms with E-state index < -0.39 is 12.1 Å². The Morgan fingerprint density at radius 1 is 0.903 bits per heavy atom. The molecule has 0 aliphatic heterocycles. The summed E-state index contributed by atoms with van der Waals surface area (Å²) in [4.78, 5) is 24.5. The number of allylic oxidation sites excluding steroid dienone is 7. The Morgan fingerprint density at radius 3 is 2.00 bits per heavy atom. The molecule has 0 aromatic heterocycles. The van der Waals surface area contributed by atoms with Gasteiger partial charge in [-0.25, -0.2) is 0 Å². The third kappa shape index (κ3) is 8.39. The SMILES string of the molecule is COC1=C(OC)[C@H](OC(C)=O)[C@H](C/C=C(\C)CC/C=C(\C)CCC=C(C)C)[C@@H](C)C1=O. The quantitative estimate of drug-likeness (QED) is 0.293. The second kappa shape index (κ2) is 13.2. The maximum atomic E-state index is 12.8. The number of ether oxygens (including phenoxy) is 3. The van der Waals surface area contributed by atoms with Gasteiger partial charge in [0.25, 0.3) is 0 Å². The van der Waals surface area contributed by atoms with Gasteiger partial charge in [-0.3, -0.25) is 9.59 Å². The molecule has 1 aliphatic rings. The first-order chi connectivity index (χ1) is 14.6. The minimum atomic E-state index is -0.633. The molecule has 0 N–H and O–H groups in total. The standard InChI is InChI=1S/C26H40O5/c1-17(2)11-9-12-18(3)13-10-14-19(4)15-16-22-20(5)23(28)25(29-7)26(30-8)24(22)31-21(6)27/h11,13,15,20,22,24H,9-10,12,14,16H2,1-8H3/b18-13+,19-15+/t20-,22-,24-/m1/s1. The van der Waals surface area contributed by atoms with Crippen molar-refractivity contribution in [3.63, 3.8) is 0 Å². The molecular weight excluding hydrogens is 392 g/mol. The fourth-order valence-corrected chi connectivity index (χ4v) is 3.84. The summed E-state index contributed by atoms with van der Waals surface area (Å²) < 4.78 is 16.3. The Bertz CT molecular complexity index is 750. The Morgan fingerprint density at radius 2 is 1.48 bits per heavy atom. The predicted molar refractivity (Wildman–Crippen MR) is 124 cm³/mol. The Labute approximate surface area is 188 Å². The van der Waals surface area contributed by atoms with E-state index in [9.17, 15) is 9.59 Å². The maximum absolute atomic E-state index is 12.8. The number of hydrogen-bond donors (Lipinski definition) is 0. The molecule has 0 amide bonds. The van der Waals surface area contributed by atoms with Crippen LogP contribution in [0.25, 0.3) is 0 Å². The summed E-state index contributed by atoms with van der Waals surface area (Å²) in [5, 5.41) is 0. The van der Waals surface area contributed by atoms with Crippen LogP contribution in [0.3, 0.4) is 0 Å². The van der Waals surface area contributed by atoms with Crippen LogP contribution < -0.4 is 0 Å². The van der Waals surface area contributed by atoms with Gasteiger partial charge in [-0.05, 0) is 59.8 Å². The molecule has 0 spiro atoms. The molecule has 1 aliphatic carbocycles. The zero-order chi connectivity index (χ0) is 23.6. The van der Waals surface area contributed by atoms with Crippen LogP contribution in [0.4, 0.5) is 0 Å². The van der Waals surface area contributed by atoms with Crippen molar-refractivity contribution in [3.8, 4) is 0 Å². The first-order valence-corrected chi connectivity index (χ1v) is 11.1. The Kier molecular flexibility index (Phi) is 11.4. The first kappa shape index (κ1) is 26.7. The molecular formula is C26H40O5. The third-order valence-electron chi connectivity index (χ3n) is 5.73. The molecule has 5 nitrogen and oxygen atoms in total. The predicted octanol–water partition coefficient (Wildman–Crippen LogP) is 6.07. The van der Waals surface area contributed by atoms with E-state index in [1.807, 2.05) is 6.92 Å².